The zero-order valence-corrected chi connectivity index (χ0v) is 12.9. The number of rotatable bonds is 3. The summed E-state index contributed by atoms with van der Waals surface area (Å²) in [4.78, 5) is 14.5. The number of amides is 1. The fourth-order valence-electron chi connectivity index (χ4n) is 3.49. The minimum Gasteiger partial charge on any atom is -0.493 e. The van der Waals surface area contributed by atoms with Crippen LogP contribution in [0, 0.1) is 0 Å². The van der Waals surface area contributed by atoms with E-state index in [1.54, 1.807) is 6.20 Å². The molecular formula is C17H20N4O2. The Kier molecular flexibility index (Phi) is 3.44. The Hall–Kier alpha value is -2.50. The van der Waals surface area contributed by atoms with Gasteiger partial charge in [0, 0.05) is 25.4 Å². The molecule has 1 aromatic heterocycles. The average molecular weight is 312 g/mol. The van der Waals surface area contributed by atoms with Gasteiger partial charge in [-0.05, 0) is 23.6 Å². The summed E-state index contributed by atoms with van der Waals surface area (Å²) in [7, 11) is 0. The molecule has 2 aromatic rings. The van der Waals surface area contributed by atoms with E-state index in [-0.39, 0.29) is 11.8 Å². The van der Waals surface area contributed by atoms with Crippen LogP contribution >= 0.6 is 0 Å². The van der Waals surface area contributed by atoms with Crippen molar-refractivity contribution in [3.63, 3.8) is 0 Å². The van der Waals surface area contributed by atoms with Crippen molar-refractivity contribution in [2.75, 3.05) is 25.4 Å². The Labute approximate surface area is 134 Å². The lowest BCUT2D eigenvalue weighted by Crippen LogP contribution is -2.30. The molecule has 1 atom stereocenters. The number of nitrogens with one attached hydrogen (secondary N) is 1. The van der Waals surface area contributed by atoms with Crippen LogP contribution in [0.4, 0.5) is 5.69 Å². The summed E-state index contributed by atoms with van der Waals surface area (Å²) in [6, 6.07) is 6.06. The van der Waals surface area contributed by atoms with Crippen molar-refractivity contribution in [1.82, 2.24) is 15.1 Å². The SMILES string of the molecule is Nc1cn[nH]c1C1CCN(C(=O)Cc2ccc3c(c2)CCO3)C1. The number of hydrogen-bond acceptors (Lipinski definition) is 4. The van der Waals surface area contributed by atoms with Crippen LogP contribution in [0.25, 0.3) is 0 Å². The standard InChI is InChI=1S/C17H20N4O2/c18-14-9-19-20-17(14)13-3-5-21(10-13)16(22)8-11-1-2-15-12(7-11)4-6-23-15/h1-2,7,9,13H,3-6,8,10,18H2,(H,19,20). The summed E-state index contributed by atoms with van der Waals surface area (Å²) in [5.74, 6) is 1.39. The number of aromatic nitrogens is 2. The van der Waals surface area contributed by atoms with Crippen molar-refractivity contribution in [2.24, 2.45) is 0 Å². The molecule has 1 saturated heterocycles. The van der Waals surface area contributed by atoms with Gasteiger partial charge in [-0.3, -0.25) is 9.89 Å². The molecular weight excluding hydrogens is 292 g/mol. The molecule has 1 aromatic carbocycles. The summed E-state index contributed by atoms with van der Waals surface area (Å²) >= 11 is 0. The number of nitrogen functional groups attached to an aromatic ring is 1. The van der Waals surface area contributed by atoms with Gasteiger partial charge in [-0.25, -0.2) is 0 Å². The van der Waals surface area contributed by atoms with Gasteiger partial charge in [0.05, 0.1) is 30.6 Å². The van der Waals surface area contributed by atoms with Crippen molar-refractivity contribution >= 4 is 11.6 Å². The van der Waals surface area contributed by atoms with Crippen molar-refractivity contribution < 1.29 is 9.53 Å². The normalized spacial score (nSPS) is 19.7. The summed E-state index contributed by atoms with van der Waals surface area (Å²) in [6.45, 7) is 2.22. The van der Waals surface area contributed by atoms with E-state index in [4.69, 9.17) is 10.5 Å². The maximum Gasteiger partial charge on any atom is 0.227 e. The maximum atomic E-state index is 12.6. The summed E-state index contributed by atoms with van der Waals surface area (Å²) in [6.07, 6.45) is 3.93. The second-order valence-corrected chi connectivity index (χ2v) is 6.28. The van der Waals surface area contributed by atoms with E-state index in [0.717, 1.165) is 43.0 Å². The molecule has 3 heterocycles. The van der Waals surface area contributed by atoms with E-state index in [2.05, 4.69) is 16.3 Å². The molecule has 0 radical (unpaired) electrons. The number of carbonyl (C=O) groups is 1. The number of anilines is 1. The van der Waals surface area contributed by atoms with Gasteiger partial charge < -0.3 is 15.4 Å². The number of carbonyl (C=O) groups excluding carboxylic acids is 1. The Morgan fingerprint density at radius 1 is 1.48 bits per heavy atom. The average Bonchev–Trinajstić information content (AvgIpc) is 3.25. The number of hydrogen-bond donors (Lipinski definition) is 2. The van der Waals surface area contributed by atoms with Crippen molar-refractivity contribution in [3.8, 4) is 5.75 Å². The second-order valence-electron chi connectivity index (χ2n) is 6.28. The number of ether oxygens (including phenoxy) is 1. The van der Waals surface area contributed by atoms with Crippen LogP contribution in [0.5, 0.6) is 5.75 Å². The molecule has 120 valence electrons. The molecule has 6 nitrogen and oxygen atoms in total. The molecule has 4 rings (SSSR count). The molecule has 2 aliphatic heterocycles. The lowest BCUT2D eigenvalue weighted by Gasteiger charge is -2.16. The van der Waals surface area contributed by atoms with Gasteiger partial charge in [0.15, 0.2) is 0 Å². The first-order valence-electron chi connectivity index (χ1n) is 8.02. The van der Waals surface area contributed by atoms with Gasteiger partial charge in [0.1, 0.15) is 5.75 Å². The molecule has 6 heteroatoms. The fourth-order valence-corrected chi connectivity index (χ4v) is 3.49. The first-order valence-corrected chi connectivity index (χ1v) is 8.02. The molecule has 0 aliphatic carbocycles. The molecule has 1 fully saturated rings. The van der Waals surface area contributed by atoms with Crippen molar-refractivity contribution in [3.05, 3.63) is 41.2 Å². The zero-order chi connectivity index (χ0) is 15.8. The molecule has 23 heavy (non-hydrogen) atoms. The molecule has 1 unspecified atom stereocenters. The second kappa shape index (κ2) is 5.61. The first-order chi connectivity index (χ1) is 11.2. The number of H-pyrrole nitrogens is 1. The Bertz CT molecular complexity index is 740. The maximum absolute atomic E-state index is 12.6. The predicted molar refractivity (Wildman–Crippen MR) is 86.3 cm³/mol. The Morgan fingerprint density at radius 3 is 3.22 bits per heavy atom. The number of aromatic amines is 1. The van der Waals surface area contributed by atoms with Crippen LogP contribution in [0.15, 0.2) is 24.4 Å². The van der Waals surface area contributed by atoms with Crippen LogP contribution in [-0.4, -0.2) is 40.7 Å². The van der Waals surface area contributed by atoms with Gasteiger partial charge in [-0.1, -0.05) is 12.1 Å². The largest absolute Gasteiger partial charge is 0.493 e. The van der Waals surface area contributed by atoms with Crippen molar-refractivity contribution in [1.29, 1.82) is 0 Å². The number of nitrogens with zero attached hydrogens (tertiary/aromatic N) is 2. The highest BCUT2D eigenvalue weighted by molar-refractivity contribution is 5.79. The Morgan fingerprint density at radius 2 is 2.39 bits per heavy atom. The smallest absolute Gasteiger partial charge is 0.227 e. The molecule has 0 bridgehead atoms. The Balaban J connectivity index is 1.41. The number of fused-ring (bicyclic) bond motifs is 1. The van der Waals surface area contributed by atoms with E-state index in [0.29, 0.717) is 18.7 Å². The third-order valence-electron chi connectivity index (χ3n) is 4.76. The van der Waals surface area contributed by atoms with E-state index in [1.807, 2.05) is 17.0 Å². The number of nitrogens with two attached hydrogens (primary N) is 1. The van der Waals surface area contributed by atoms with E-state index in [9.17, 15) is 4.79 Å². The van der Waals surface area contributed by atoms with Gasteiger partial charge in [0.2, 0.25) is 5.91 Å². The molecule has 2 aliphatic rings. The lowest BCUT2D eigenvalue weighted by molar-refractivity contribution is -0.129. The first kappa shape index (κ1) is 14.1. The van der Waals surface area contributed by atoms with Gasteiger partial charge in [0.25, 0.3) is 0 Å². The van der Waals surface area contributed by atoms with Crippen LogP contribution in [0.2, 0.25) is 0 Å². The predicted octanol–water partition coefficient (Wildman–Crippen LogP) is 1.49. The summed E-state index contributed by atoms with van der Waals surface area (Å²) in [5, 5.41) is 6.93. The van der Waals surface area contributed by atoms with Crippen LogP contribution in [0.1, 0.15) is 29.2 Å². The van der Waals surface area contributed by atoms with E-state index in [1.165, 1.54) is 5.56 Å². The number of benzene rings is 1. The third kappa shape index (κ3) is 2.65. The molecule has 0 spiro atoms. The summed E-state index contributed by atoms with van der Waals surface area (Å²) in [5.41, 5.74) is 9.81. The number of likely N-dealkylation sites (tertiary alicyclic amines) is 1. The highest BCUT2D eigenvalue weighted by Crippen LogP contribution is 2.30. The molecule has 1 amide bonds. The minimum atomic E-state index is 0.171. The lowest BCUT2D eigenvalue weighted by atomic mass is 10.0. The van der Waals surface area contributed by atoms with Crippen LogP contribution in [-0.2, 0) is 17.6 Å². The minimum absolute atomic E-state index is 0.171. The van der Waals surface area contributed by atoms with Gasteiger partial charge >= 0.3 is 0 Å². The highest BCUT2D eigenvalue weighted by Gasteiger charge is 2.29. The summed E-state index contributed by atoms with van der Waals surface area (Å²) < 4.78 is 5.51. The van der Waals surface area contributed by atoms with E-state index >= 15 is 0 Å². The zero-order valence-electron chi connectivity index (χ0n) is 12.9. The van der Waals surface area contributed by atoms with E-state index < -0.39 is 0 Å². The molecule has 3 N–H and O–H groups in total. The quantitative estimate of drug-likeness (QED) is 0.899. The third-order valence-corrected chi connectivity index (χ3v) is 4.76. The monoisotopic (exact) mass is 312 g/mol. The van der Waals surface area contributed by atoms with Gasteiger partial charge in [-0.2, -0.15) is 5.10 Å². The van der Waals surface area contributed by atoms with Crippen LogP contribution in [0.3, 0.4) is 0 Å². The fraction of sp³-hybridized carbons (Fsp3) is 0.412. The topological polar surface area (TPSA) is 84.2 Å². The van der Waals surface area contributed by atoms with Gasteiger partial charge in [-0.15, -0.1) is 0 Å². The molecule has 0 saturated carbocycles. The van der Waals surface area contributed by atoms with Crippen molar-refractivity contribution in [2.45, 2.75) is 25.2 Å². The van der Waals surface area contributed by atoms with Crippen LogP contribution < -0.4 is 10.5 Å². The highest BCUT2D eigenvalue weighted by atomic mass is 16.5.